The number of hydrogen-bond donors (Lipinski definition) is 1. The molecule has 7 heteroatoms. The maximum absolute atomic E-state index is 13.5. The second-order valence-corrected chi connectivity index (χ2v) is 9.48. The van der Waals surface area contributed by atoms with Crippen molar-refractivity contribution in [2.45, 2.75) is 33.7 Å². The maximum Gasteiger partial charge on any atom is 0.300 e. The van der Waals surface area contributed by atoms with Crippen LogP contribution in [0.25, 0.3) is 5.76 Å². The Balaban J connectivity index is 1.93. The zero-order chi connectivity index (χ0) is 26.9. The average molecular weight is 519 g/mol. The number of carbonyl (C=O) groups excluding carboxylic acids is 2. The summed E-state index contributed by atoms with van der Waals surface area (Å²) in [5.41, 5.74) is 4.65. The zero-order valence-electron chi connectivity index (χ0n) is 21.7. The Hall–Kier alpha value is -3.77. The van der Waals surface area contributed by atoms with Crippen LogP contribution in [0.4, 0.5) is 11.4 Å². The van der Waals surface area contributed by atoms with Crippen LogP contribution < -0.4 is 14.5 Å². The van der Waals surface area contributed by atoms with Crippen LogP contribution in [0.3, 0.4) is 0 Å². The van der Waals surface area contributed by atoms with E-state index in [1.807, 2.05) is 56.3 Å². The van der Waals surface area contributed by atoms with E-state index in [2.05, 4.69) is 18.7 Å². The molecule has 0 bridgehead atoms. The van der Waals surface area contributed by atoms with Gasteiger partial charge in [0.25, 0.3) is 11.7 Å². The summed E-state index contributed by atoms with van der Waals surface area (Å²) in [6.07, 6.45) is 0. The number of amides is 1. The van der Waals surface area contributed by atoms with E-state index in [-0.39, 0.29) is 11.3 Å². The molecule has 1 amide bonds. The van der Waals surface area contributed by atoms with Gasteiger partial charge in [-0.1, -0.05) is 41.4 Å². The summed E-state index contributed by atoms with van der Waals surface area (Å²) < 4.78 is 5.30. The number of benzene rings is 3. The van der Waals surface area contributed by atoms with Gasteiger partial charge in [-0.15, -0.1) is 0 Å². The summed E-state index contributed by atoms with van der Waals surface area (Å²) in [4.78, 5) is 30.7. The van der Waals surface area contributed by atoms with Gasteiger partial charge in [0.1, 0.15) is 11.5 Å². The molecule has 1 atom stereocenters. The van der Waals surface area contributed by atoms with Crippen molar-refractivity contribution >= 4 is 40.4 Å². The topological polar surface area (TPSA) is 70.1 Å². The first-order chi connectivity index (χ1) is 17.7. The highest BCUT2D eigenvalue weighted by molar-refractivity contribution is 6.51. The van der Waals surface area contributed by atoms with Crippen LogP contribution in [0.2, 0.25) is 5.02 Å². The number of halogens is 1. The lowest BCUT2D eigenvalue weighted by atomic mass is 9.94. The minimum absolute atomic E-state index is 0.0185. The lowest BCUT2D eigenvalue weighted by Gasteiger charge is -2.28. The number of anilines is 2. The quantitative estimate of drug-likeness (QED) is 0.221. The molecule has 0 radical (unpaired) electrons. The first-order valence-corrected chi connectivity index (χ1v) is 12.7. The van der Waals surface area contributed by atoms with Crippen LogP contribution in [0.5, 0.6) is 5.75 Å². The average Bonchev–Trinajstić information content (AvgIpc) is 3.15. The van der Waals surface area contributed by atoms with E-state index >= 15 is 0 Å². The van der Waals surface area contributed by atoms with E-state index in [9.17, 15) is 14.7 Å². The molecule has 192 valence electrons. The highest BCUT2D eigenvalue weighted by atomic mass is 35.5. The number of nitrogens with zero attached hydrogens (tertiary/aromatic N) is 2. The van der Waals surface area contributed by atoms with Crippen molar-refractivity contribution in [3.05, 3.63) is 93.5 Å². The van der Waals surface area contributed by atoms with Crippen LogP contribution in [0.1, 0.15) is 42.1 Å². The fraction of sp³-hybridized carbons (Fsp3) is 0.267. The van der Waals surface area contributed by atoms with E-state index in [0.717, 1.165) is 35.5 Å². The number of aliphatic hydroxyl groups excluding tert-OH is 1. The molecular formula is C30H31ClN2O4. The molecule has 1 N–H and O–H groups in total. The Bertz CT molecular complexity index is 1380. The molecular weight excluding hydrogens is 488 g/mol. The molecule has 1 aliphatic heterocycles. The van der Waals surface area contributed by atoms with Gasteiger partial charge in [-0.2, -0.15) is 0 Å². The lowest BCUT2D eigenvalue weighted by Crippen LogP contribution is -2.30. The van der Waals surface area contributed by atoms with E-state index in [1.165, 1.54) is 12.0 Å². The number of aryl methyl sites for hydroxylation is 2. The molecule has 0 aromatic heterocycles. The summed E-state index contributed by atoms with van der Waals surface area (Å²) >= 11 is 6.18. The molecule has 37 heavy (non-hydrogen) atoms. The third-order valence-corrected chi connectivity index (χ3v) is 7.13. The number of methoxy groups -OCH3 is 1. The molecule has 1 fully saturated rings. The zero-order valence-corrected chi connectivity index (χ0v) is 22.5. The molecule has 1 unspecified atom stereocenters. The fourth-order valence-corrected chi connectivity index (χ4v) is 5.09. The van der Waals surface area contributed by atoms with Gasteiger partial charge in [-0.3, -0.25) is 14.5 Å². The standard InChI is InChI=1S/C30H31ClN2O4/c1-6-32(7-2)22-12-9-20(10-13-22)27-26(28(34)21-11-14-23(31)25(17-21)37-5)29(35)30(36)33(27)24-15-8-18(3)16-19(24)4/h8-17,27,34H,6-7H2,1-5H3/b28-26+. The molecule has 0 aliphatic carbocycles. The second-order valence-electron chi connectivity index (χ2n) is 9.07. The summed E-state index contributed by atoms with van der Waals surface area (Å²) in [5.74, 6) is -1.36. The molecule has 1 saturated heterocycles. The van der Waals surface area contributed by atoms with Gasteiger partial charge in [0.15, 0.2) is 0 Å². The number of hydrogen-bond acceptors (Lipinski definition) is 5. The van der Waals surface area contributed by atoms with Crippen molar-refractivity contribution in [1.82, 2.24) is 0 Å². The van der Waals surface area contributed by atoms with Crippen molar-refractivity contribution in [2.24, 2.45) is 0 Å². The molecule has 1 aliphatic rings. The van der Waals surface area contributed by atoms with Crippen LogP contribution in [-0.2, 0) is 9.59 Å². The number of ether oxygens (including phenoxy) is 1. The van der Waals surface area contributed by atoms with Gasteiger partial charge in [-0.25, -0.2) is 0 Å². The van der Waals surface area contributed by atoms with Crippen LogP contribution in [-0.4, -0.2) is 37.0 Å². The van der Waals surface area contributed by atoms with E-state index in [0.29, 0.717) is 22.0 Å². The maximum atomic E-state index is 13.5. The Labute approximate surface area is 222 Å². The third-order valence-electron chi connectivity index (χ3n) is 6.82. The van der Waals surface area contributed by atoms with Crippen molar-refractivity contribution in [2.75, 3.05) is 30.0 Å². The monoisotopic (exact) mass is 518 g/mol. The van der Waals surface area contributed by atoms with Crippen molar-refractivity contribution in [3.8, 4) is 5.75 Å². The normalized spacial score (nSPS) is 16.8. The minimum atomic E-state index is -0.811. The van der Waals surface area contributed by atoms with Crippen LogP contribution >= 0.6 is 11.6 Å². The highest BCUT2D eigenvalue weighted by Crippen LogP contribution is 2.44. The largest absolute Gasteiger partial charge is 0.507 e. The molecule has 0 spiro atoms. The van der Waals surface area contributed by atoms with Gasteiger partial charge >= 0.3 is 0 Å². The van der Waals surface area contributed by atoms with Crippen molar-refractivity contribution < 1.29 is 19.4 Å². The Morgan fingerprint density at radius 1 is 1.00 bits per heavy atom. The van der Waals surface area contributed by atoms with Gasteiger partial charge < -0.3 is 14.7 Å². The summed E-state index contributed by atoms with van der Waals surface area (Å²) in [7, 11) is 1.47. The number of ketones is 1. The number of rotatable bonds is 7. The number of aliphatic hydroxyl groups is 1. The van der Waals surface area contributed by atoms with Gasteiger partial charge in [0, 0.05) is 30.0 Å². The van der Waals surface area contributed by atoms with Gasteiger partial charge in [0.2, 0.25) is 0 Å². The fourth-order valence-electron chi connectivity index (χ4n) is 4.89. The van der Waals surface area contributed by atoms with Crippen molar-refractivity contribution in [3.63, 3.8) is 0 Å². The predicted octanol–water partition coefficient (Wildman–Crippen LogP) is 6.44. The predicted molar refractivity (Wildman–Crippen MR) is 149 cm³/mol. The van der Waals surface area contributed by atoms with Gasteiger partial charge in [-0.05, 0) is 75.2 Å². The summed E-state index contributed by atoms with van der Waals surface area (Å²) in [6, 6.07) is 17.5. The van der Waals surface area contributed by atoms with E-state index in [1.54, 1.807) is 18.2 Å². The first-order valence-electron chi connectivity index (χ1n) is 12.3. The Morgan fingerprint density at radius 3 is 2.27 bits per heavy atom. The van der Waals surface area contributed by atoms with Crippen LogP contribution in [0, 0.1) is 13.8 Å². The van der Waals surface area contributed by atoms with Crippen LogP contribution in [0.15, 0.2) is 66.2 Å². The smallest absolute Gasteiger partial charge is 0.300 e. The molecule has 4 rings (SSSR count). The first kappa shape index (κ1) is 26.3. The second kappa shape index (κ2) is 10.7. The Morgan fingerprint density at radius 2 is 1.68 bits per heavy atom. The Kier molecular flexibility index (Phi) is 7.60. The molecule has 1 heterocycles. The third kappa shape index (κ3) is 4.81. The lowest BCUT2D eigenvalue weighted by molar-refractivity contribution is -0.132. The minimum Gasteiger partial charge on any atom is -0.507 e. The molecule has 0 saturated carbocycles. The van der Waals surface area contributed by atoms with E-state index < -0.39 is 17.7 Å². The van der Waals surface area contributed by atoms with Crippen molar-refractivity contribution in [1.29, 1.82) is 0 Å². The number of Topliss-reactive ketones (excluding diaryl/α,β-unsaturated/α-hetero) is 1. The van der Waals surface area contributed by atoms with Gasteiger partial charge in [0.05, 0.1) is 23.7 Å². The summed E-state index contributed by atoms with van der Waals surface area (Å²) in [5, 5.41) is 11.8. The molecule has 3 aromatic carbocycles. The summed E-state index contributed by atoms with van der Waals surface area (Å²) in [6.45, 7) is 9.78. The van der Waals surface area contributed by atoms with E-state index in [4.69, 9.17) is 16.3 Å². The number of carbonyl (C=O) groups is 2. The molecule has 3 aromatic rings. The SMILES string of the molecule is CCN(CC)c1ccc(C2/C(=C(\O)c3ccc(Cl)c(OC)c3)C(=O)C(=O)N2c2ccc(C)cc2C)cc1. The highest BCUT2D eigenvalue weighted by Gasteiger charge is 2.47. The molecule has 6 nitrogen and oxygen atoms in total.